The summed E-state index contributed by atoms with van der Waals surface area (Å²) in [6, 6.07) is 9.38. The van der Waals surface area contributed by atoms with Crippen molar-refractivity contribution in [1.82, 2.24) is 9.88 Å². The van der Waals surface area contributed by atoms with Gasteiger partial charge in [-0.3, -0.25) is 4.79 Å². The van der Waals surface area contributed by atoms with Gasteiger partial charge in [0, 0.05) is 46.7 Å². The van der Waals surface area contributed by atoms with Crippen LogP contribution in [0.4, 0.5) is 0 Å². The highest BCUT2D eigenvalue weighted by molar-refractivity contribution is 7.17. The van der Waals surface area contributed by atoms with Gasteiger partial charge in [0.1, 0.15) is 0 Å². The number of rotatable bonds is 1. The maximum absolute atomic E-state index is 12.6. The van der Waals surface area contributed by atoms with Crippen molar-refractivity contribution in [3.63, 3.8) is 0 Å². The number of carbonyl (C=O) groups excluding carboxylic acids is 1. The zero-order valence-corrected chi connectivity index (χ0v) is 13.9. The average Bonchev–Trinajstić information content (AvgIpc) is 3.09. The maximum Gasteiger partial charge on any atom is 0.264 e. The predicted octanol–water partition coefficient (Wildman–Crippen LogP) is 4.73. The highest BCUT2D eigenvalue weighted by Crippen LogP contribution is 2.31. The molecule has 0 saturated heterocycles. The number of hydrogen-bond donors (Lipinski definition) is 1. The molecule has 6 heteroatoms. The Kier molecular flexibility index (Phi) is 3.40. The summed E-state index contributed by atoms with van der Waals surface area (Å²) in [7, 11) is 0. The lowest BCUT2D eigenvalue weighted by molar-refractivity contribution is 0.0740. The summed E-state index contributed by atoms with van der Waals surface area (Å²) in [5.41, 5.74) is 3.44. The zero-order chi connectivity index (χ0) is 15.3. The van der Waals surface area contributed by atoms with Crippen molar-refractivity contribution in [3.05, 3.63) is 55.8 Å². The van der Waals surface area contributed by atoms with Crippen LogP contribution in [-0.4, -0.2) is 22.3 Å². The zero-order valence-electron chi connectivity index (χ0n) is 11.5. The Bertz CT molecular complexity index is 884. The van der Waals surface area contributed by atoms with Crippen LogP contribution in [0.25, 0.3) is 10.9 Å². The number of H-pyrrole nitrogens is 1. The van der Waals surface area contributed by atoms with Crippen molar-refractivity contribution in [3.8, 4) is 0 Å². The van der Waals surface area contributed by atoms with Gasteiger partial charge in [-0.05, 0) is 30.3 Å². The SMILES string of the molecule is O=C(c1ccc(Cl)s1)N1CCc2[nH]c3ccc(Cl)cc3c2C1. The molecule has 22 heavy (non-hydrogen) atoms. The van der Waals surface area contributed by atoms with E-state index in [9.17, 15) is 4.79 Å². The van der Waals surface area contributed by atoms with Gasteiger partial charge < -0.3 is 9.88 Å². The van der Waals surface area contributed by atoms with Crippen molar-refractivity contribution in [2.45, 2.75) is 13.0 Å². The number of hydrogen-bond acceptors (Lipinski definition) is 2. The Morgan fingerprint density at radius 1 is 1.23 bits per heavy atom. The van der Waals surface area contributed by atoms with Gasteiger partial charge in [-0.15, -0.1) is 11.3 Å². The largest absolute Gasteiger partial charge is 0.358 e. The van der Waals surface area contributed by atoms with Crippen molar-refractivity contribution in [1.29, 1.82) is 0 Å². The van der Waals surface area contributed by atoms with Gasteiger partial charge in [0.25, 0.3) is 5.91 Å². The van der Waals surface area contributed by atoms with Crippen LogP contribution in [0.15, 0.2) is 30.3 Å². The Balaban J connectivity index is 1.70. The molecule has 112 valence electrons. The van der Waals surface area contributed by atoms with E-state index in [0.717, 1.165) is 17.3 Å². The number of carbonyl (C=O) groups is 1. The van der Waals surface area contributed by atoms with Gasteiger partial charge in [-0.1, -0.05) is 23.2 Å². The fraction of sp³-hybridized carbons (Fsp3) is 0.188. The molecule has 1 aliphatic rings. The molecule has 0 radical (unpaired) electrons. The van der Waals surface area contributed by atoms with E-state index in [4.69, 9.17) is 23.2 Å². The second-order valence-electron chi connectivity index (χ2n) is 5.35. The number of nitrogens with one attached hydrogen (secondary N) is 1. The Hall–Kier alpha value is -1.49. The van der Waals surface area contributed by atoms with Crippen LogP contribution >= 0.6 is 34.5 Å². The summed E-state index contributed by atoms with van der Waals surface area (Å²) >= 11 is 13.4. The summed E-state index contributed by atoms with van der Waals surface area (Å²) < 4.78 is 0.639. The van der Waals surface area contributed by atoms with E-state index >= 15 is 0 Å². The Labute approximate surface area is 141 Å². The first-order chi connectivity index (χ1) is 10.6. The van der Waals surface area contributed by atoms with Crippen LogP contribution in [-0.2, 0) is 13.0 Å². The molecule has 0 saturated carbocycles. The standard InChI is InChI=1S/C16H12Cl2N2OS/c17-9-1-2-12-10(7-9)11-8-20(6-5-13(11)19-12)16(21)14-3-4-15(18)22-14/h1-4,7,19H,5-6,8H2. The lowest BCUT2D eigenvalue weighted by Gasteiger charge is -2.26. The van der Waals surface area contributed by atoms with Gasteiger partial charge in [-0.25, -0.2) is 0 Å². The van der Waals surface area contributed by atoms with Crippen molar-refractivity contribution >= 4 is 51.3 Å². The van der Waals surface area contributed by atoms with Crippen LogP contribution < -0.4 is 0 Å². The lowest BCUT2D eigenvalue weighted by atomic mass is 10.0. The molecule has 0 aliphatic carbocycles. The van der Waals surface area contributed by atoms with Gasteiger partial charge in [0.15, 0.2) is 0 Å². The molecule has 4 rings (SSSR count). The minimum Gasteiger partial charge on any atom is -0.358 e. The molecule has 2 aromatic heterocycles. The number of fused-ring (bicyclic) bond motifs is 3. The van der Waals surface area contributed by atoms with E-state index in [2.05, 4.69) is 4.98 Å². The first-order valence-corrected chi connectivity index (χ1v) is 8.52. The van der Waals surface area contributed by atoms with E-state index in [1.165, 1.54) is 22.6 Å². The lowest BCUT2D eigenvalue weighted by Crippen LogP contribution is -2.35. The van der Waals surface area contributed by atoms with E-state index in [1.807, 2.05) is 23.1 Å². The van der Waals surface area contributed by atoms with Gasteiger partial charge in [0.2, 0.25) is 0 Å². The van der Waals surface area contributed by atoms with E-state index < -0.39 is 0 Å². The third kappa shape index (κ3) is 2.32. The average molecular weight is 351 g/mol. The molecule has 1 aliphatic heterocycles. The molecular formula is C16H12Cl2N2OS. The molecule has 3 aromatic rings. The fourth-order valence-electron chi connectivity index (χ4n) is 2.94. The number of aromatic nitrogens is 1. The molecule has 3 nitrogen and oxygen atoms in total. The first kappa shape index (κ1) is 14.1. The number of aromatic amines is 1. The van der Waals surface area contributed by atoms with Crippen molar-refractivity contribution in [2.24, 2.45) is 0 Å². The van der Waals surface area contributed by atoms with Crippen LogP contribution in [0.1, 0.15) is 20.9 Å². The number of nitrogens with zero attached hydrogens (tertiary/aromatic N) is 1. The van der Waals surface area contributed by atoms with E-state index in [0.29, 0.717) is 27.3 Å². The summed E-state index contributed by atoms with van der Waals surface area (Å²) in [6.07, 6.45) is 0.826. The van der Waals surface area contributed by atoms with E-state index in [1.54, 1.807) is 12.1 Å². The molecule has 0 fully saturated rings. The summed E-state index contributed by atoms with van der Waals surface area (Å²) in [5.74, 6) is 0.0407. The molecular weight excluding hydrogens is 339 g/mol. The summed E-state index contributed by atoms with van der Waals surface area (Å²) in [6.45, 7) is 1.31. The molecule has 1 N–H and O–H groups in total. The van der Waals surface area contributed by atoms with Crippen LogP contribution in [0.2, 0.25) is 9.36 Å². The monoisotopic (exact) mass is 350 g/mol. The molecule has 0 atom stereocenters. The second-order valence-corrected chi connectivity index (χ2v) is 7.50. The molecule has 0 spiro atoms. The number of thiophene rings is 1. The van der Waals surface area contributed by atoms with Crippen molar-refractivity contribution < 1.29 is 4.79 Å². The Morgan fingerprint density at radius 3 is 2.86 bits per heavy atom. The van der Waals surface area contributed by atoms with Gasteiger partial charge in [0.05, 0.1) is 9.21 Å². The topological polar surface area (TPSA) is 36.1 Å². The van der Waals surface area contributed by atoms with Crippen LogP contribution in [0.5, 0.6) is 0 Å². The third-order valence-corrected chi connectivity index (χ3v) is 5.46. The molecule has 1 amide bonds. The molecule has 0 unspecified atom stereocenters. The number of halogens is 2. The quantitative estimate of drug-likeness (QED) is 0.676. The van der Waals surface area contributed by atoms with Gasteiger partial charge >= 0.3 is 0 Å². The van der Waals surface area contributed by atoms with E-state index in [-0.39, 0.29) is 5.91 Å². The molecule has 1 aromatic carbocycles. The smallest absolute Gasteiger partial charge is 0.264 e. The van der Waals surface area contributed by atoms with Crippen molar-refractivity contribution in [2.75, 3.05) is 6.54 Å². The minimum absolute atomic E-state index is 0.0407. The first-order valence-electron chi connectivity index (χ1n) is 6.95. The minimum atomic E-state index is 0.0407. The third-order valence-electron chi connectivity index (χ3n) is 4.01. The van der Waals surface area contributed by atoms with Gasteiger partial charge in [-0.2, -0.15) is 0 Å². The Morgan fingerprint density at radius 2 is 2.09 bits per heavy atom. The summed E-state index contributed by atoms with van der Waals surface area (Å²) in [5, 5.41) is 1.81. The molecule has 0 bridgehead atoms. The van der Waals surface area contributed by atoms with Crippen LogP contribution in [0.3, 0.4) is 0 Å². The second kappa shape index (κ2) is 5.30. The summed E-state index contributed by atoms with van der Waals surface area (Å²) in [4.78, 5) is 18.6. The number of benzene rings is 1. The normalized spacial score (nSPS) is 14.4. The number of amides is 1. The maximum atomic E-state index is 12.6. The highest BCUT2D eigenvalue weighted by Gasteiger charge is 2.25. The predicted molar refractivity (Wildman–Crippen MR) is 91.1 cm³/mol. The molecule has 3 heterocycles. The highest BCUT2D eigenvalue weighted by atomic mass is 35.5. The van der Waals surface area contributed by atoms with Crippen LogP contribution in [0, 0.1) is 0 Å². The fourth-order valence-corrected chi connectivity index (χ4v) is 4.13.